The van der Waals surface area contributed by atoms with E-state index in [1.165, 1.54) is 19.2 Å². The molecule has 2 rings (SSSR count). The Morgan fingerprint density at radius 1 is 1.45 bits per heavy atom. The molecule has 0 radical (unpaired) electrons. The second-order valence-electron chi connectivity index (χ2n) is 4.88. The number of hydrogen-bond donors (Lipinski definition) is 0. The molecule has 108 valence electrons. The molecule has 0 amide bonds. The van der Waals surface area contributed by atoms with Gasteiger partial charge in [-0.05, 0) is 30.7 Å². The first-order valence-corrected chi connectivity index (χ1v) is 7.51. The lowest BCUT2D eigenvalue weighted by Gasteiger charge is -2.30. The SMILES string of the molecule is Cc1cc(F)cc(S(=O)(=O)N(C)[C@@]2(C#N)CCOC2)c1. The van der Waals surface area contributed by atoms with Crippen LogP contribution in [0.5, 0.6) is 0 Å². The third-order valence-corrected chi connectivity index (χ3v) is 5.39. The Hall–Kier alpha value is -1.49. The molecule has 1 saturated heterocycles. The monoisotopic (exact) mass is 298 g/mol. The Morgan fingerprint density at radius 2 is 2.15 bits per heavy atom. The molecular formula is C13H15FN2O3S. The second-order valence-corrected chi connectivity index (χ2v) is 6.85. The molecule has 1 aromatic carbocycles. The summed E-state index contributed by atoms with van der Waals surface area (Å²) in [4.78, 5) is -0.154. The number of rotatable bonds is 3. The summed E-state index contributed by atoms with van der Waals surface area (Å²) in [6.07, 6.45) is 0.299. The average molecular weight is 298 g/mol. The van der Waals surface area contributed by atoms with Crippen molar-refractivity contribution >= 4 is 10.0 Å². The van der Waals surface area contributed by atoms with Crippen LogP contribution in [0.15, 0.2) is 23.1 Å². The predicted molar refractivity (Wildman–Crippen MR) is 69.9 cm³/mol. The van der Waals surface area contributed by atoms with Gasteiger partial charge in [0.25, 0.3) is 0 Å². The molecular weight excluding hydrogens is 283 g/mol. The molecule has 0 bridgehead atoms. The van der Waals surface area contributed by atoms with Crippen molar-refractivity contribution in [2.45, 2.75) is 23.8 Å². The first kappa shape index (κ1) is 14.9. The Bertz CT molecular complexity index is 640. The van der Waals surface area contributed by atoms with Crippen molar-refractivity contribution in [2.24, 2.45) is 0 Å². The second kappa shape index (κ2) is 5.13. The molecule has 0 aliphatic carbocycles. The van der Waals surface area contributed by atoms with Gasteiger partial charge in [-0.15, -0.1) is 0 Å². The number of nitriles is 1. The van der Waals surface area contributed by atoms with Gasteiger partial charge in [0.1, 0.15) is 11.4 Å². The maximum atomic E-state index is 13.4. The molecule has 1 aliphatic heterocycles. The van der Waals surface area contributed by atoms with Crippen LogP contribution >= 0.6 is 0 Å². The Labute approximate surface area is 117 Å². The molecule has 0 aromatic heterocycles. The van der Waals surface area contributed by atoms with E-state index in [0.717, 1.165) is 10.4 Å². The zero-order valence-electron chi connectivity index (χ0n) is 11.3. The highest BCUT2D eigenvalue weighted by molar-refractivity contribution is 7.89. The lowest BCUT2D eigenvalue weighted by atomic mass is 10.0. The standard InChI is InChI=1S/C13H15FN2O3S/c1-10-5-11(14)7-12(6-10)20(17,18)16(2)13(8-15)3-4-19-9-13/h5-7H,3-4,9H2,1-2H3/t13-/m1/s1. The molecule has 1 aliphatic rings. The number of benzene rings is 1. The van der Waals surface area contributed by atoms with Gasteiger partial charge < -0.3 is 4.74 Å². The lowest BCUT2D eigenvalue weighted by Crippen LogP contribution is -2.49. The van der Waals surface area contributed by atoms with E-state index in [-0.39, 0.29) is 11.5 Å². The molecule has 1 atom stereocenters. The van der Waals surface area contributed by atoms with E-state index in [1.807, 2.05) is 6.07 Å². The van der Waals surface area contributed by atoms with Gasteiger partial charge in [-0.25, -0.2) is 12.8 Å². The summed E-state index contributed by atoms with van der Waals surface area (Å²) in [6, 6.07) is 5.60. The Morgan fingerprint density at radius 3 is 2.65 bits per heavy atom. The number of hydrogen-bond acceptors (Lipinski definition) is 4. The highest BCUT2D eigenvalue weighted by Crippen LogP contribution is 2.30. The molecule has 0 spiro atoms. The number of likely N-dealkylation sites (N-methyl/N-ethyl adjacent to an activating group) is 1. The molecule has 7 heteroatoms. The molecule has 0 unspecified atom stereocenters. The predicted octanol–water partition coefficient (Wildman–Crippen LogP) is 1.44. The fourth-order valence-corrected chi connectivity index (χ4v) is 3.76. The van der Waals surface area contributed by atoms with Crippen LogP contribution in [-0.2, 0) is 14.8 Å². The molecule has 1 heterocycles. The van der Waals surface area contributed by atoms with E-state index in [2.05, 4.69) is 0 Å². The highest BCUT2D eigenvalue weighted by atomic mass is 32.2. The van der Waals surface area contributed by atoms with Crippen molar-refractivity contribution in [3.8, 4) is 6.07 Å². The summed E-state index contributed by atoms with van der Waals surface area (Å²) < 4.78 is 44.6. The summed E-state index contributed by atoms with van der Waals surface area (Å²) in [7, 11) is -2.62. The van der Waals surface area contributed by atoms with Crippen LogP contribution in [0.3, 0.4) is 0 Å². The van der Waals surface area contributed by atoms with Crippen LogP contribution in [0.1, 0.15) is 12.0 Å². The molecule has 1 aromatic rings. The lowest BCUT2D eigenvalue weighted by molar-refractivity contribution is 0.162. The van der Waals surface area contributed by atoms with Crippen LogP contribution in [0, 0.1) is 24.1 Å². The molecule has 5 nitrogen and oxygen atoms in total. The third kappa shape index (κ3) is 2.42. The minimum Gasteiger partial charge on any atom is -0.378 e. The van der Waals surface area contributed by atoms with Gasteiger partial charge in [0.05, 0.1) is 17.6 Å². The van der Waals surface area contributed by atoms with Gasteiger partial charge in [0.15, 0.2) is 0 Å². The van der Waals surface area contributed by atoms with Crippen molar-refractivity contribution in [3.63, 3.8) is 0 Å². The molecule has 0 saturated carbocycles. The van der Waals surface area contributed by atoms with Crippen LogP contribution in [-0.4, -0.2) is 38.5 Å². The highest BCUT2D eigenvalue weighted by Gasteiger charge is 2.45. The number of sulfonamides is 1. The number of nitrogens with zero attached hydrogens (tertiary/aromatic N) is 2. The van der Waals surface area contributed by atoms with Gasteiger partial charge >= 0.3 is 0 Å². The van der Waals surface area contributed by atoms with E-state index < -0.39 is 21.4 Å². The quantitative estimate of drug-likeness (QED) is 0.846. The van der Waals surface area contributed by atoms with Gasteiger partial charge in [-0.1, -0.05) is 0 Å². The zero-order valence-corrected chi connectivity index (χ0v) is 12.1. The van der Waals surface area contributed by atoms with E-state index >= 15 is 0 Å². The summed E-state index contributed by atoms with van der Waals surface area (Å²) >= 11 is 0. The van der Waals surface area contributed by atoms with E-state index in [0.29, 0.717) is 18.6 Å². The van der Waals surface area contributed by atoms with Crippen molar-refractivity contribution in [1.82, 2.24) is 4.31 Å². The first-order chi connectivity index (χ1) is 9.32. The summed E-state index contributed by atoms with van der Waals surface area (Å²) in [5.41, 5.74) is -0.718. The van der Waals surface area contributed by atoms with Crippen molar-refractivity contribution < 1.29 is 17.5 Å². The van der Waals surface area contributed by atoms with Gasteiger partial charge in [0.2, 0.25) is 10.0 Å². The van der Waals surface area contributed by atoms with E-state index in [1.54, 1.807) is 6.92 Å². The minimum absolute atomic E-state index is 0.0214. The number of aryl methyl sites for hydroxylation is 1. The largest absolute Gasteiger partial charge is 0.378 e. The fourth-order valence-electron chi connectivity index (χ4n) is 2.20. The Kier molecular flexibility index (Phi) is 3.82. The number of ether oxygens (including phenoxy) is 1. The van der Waals surface area contributed by atoms with E-state index in [9.17, 15) is 18.1 Å². The van der Waals surface area contributed by atoms with Gasteiger partial charge in [-0.3, -0.25) is 0 Å². The van der Waals surface area contributed by atoms with E-state index in [4.69, 9.17) is 4.74 Å². The minimum atomic E-state index is -3.95. The van der Waals surface area contributed by atoms with Crippen LogP contribution < -0.4 is 0 Å². The average Bonchev–Trinajstić information content (AvgIpc) is 2.86. The van der Waals surface area contributed by atoms with Crippen LogP contribution in [0.25, 0.3) is 0 Å². The van der Waals surface area contributed by atoms with Crippen molar-refractivity contribution in [1.29, 1.82) is 5.26 Å². The van der Waals surface area contributed by atoms with Crippen LogP contribution in [0.2, 0.25) is 0 Å². The summed E-state index contributed by atoms with van der Waals surface area (Å²) in [5.74, 6) is -0.620. The third-order valence-electron chi connectivity index (χ3n) is 3.49. The van der Waals surface area contributed by atoms with Crippen molar-refractivity contribution in [3.05, 3.63) is 29.6 Å². The maximum Gasteiger partial charge on any atom is 0.244 e. The first-order valence-electron chi connectivity index (χ1n) is 6.07. The zero-order chi connectivity index (χ0) is 15.0. The molecule has 20 heavy (non-hydrogen) atoms. The van der Waals surface area contributed by atoms with Gasteiger partial charge in [-0.2, -0.15) is 9.57 Å². The smallest absolute Gasteiger partial charge is 0.244 e. The number of halogens is 1. The molecule has 1 fully saturated rings. The maximum absolute atomic E-state index is 13.4. The summed E-state index contributed by atoms with van der Waals surface area (Å²) in [6.45, 7) is 1.96. The normalized spacial score (nSPS) is 22.9. The van der Waals surface area contributed by atoms with Crippen molar-refractivity contribution in [2.75, 3.05) is 20.3 Å². The fraction of sp³-hybridized carbons (Fsp3) is 0.462. The topological polar surface area (TPSA) is 70.4 Å². The van der Waals surface area contributed by atoms with Crippen LogP contribution in [0.4, 0.5) is 4.39 Å². The molecule has 0 N–H and O–H groups in total. The Balaban J connectivity index is 2.47. The van der Waals surface area contributed by atoms with Gasteiger partial charge in [0, 0.05) is 20.1 Å². The summed E-state index contributed by atoms with van der Waals surface area (Å²) in [5, 5.41) is 9.30.